The molecule has 110 valence electrons. The lowest BCUT2D eigenvalue weighted by Gasteiger charge is -2.18. The number of carbonyl (C=O) groups is 1. The molecule has 0 bridgehead atoms. The molecule has 5 nitrogen and oxygen atoms in total. The summed E-state index contributed by atoms with van der Waals surface area (Å²) in [6.07, 6.45) is 3.92. The second-order valence-corrected chi connectivity index (χ2v) is 4.58. The number of amides is 1. The van der Waals surface area contributed by atoms with Gasteiger partial charge in [0.2, 0.25) is 0 Å². The Labute approximate surface area is 126 Å². The van der Waals surface area contributed by atoms with Crippen molar-refractivity contribution in [2.75, 3.05) is 6.54 Å². The van der Waals surface area contributed by atoms with E-state index in [0.717, 1.165) is 12.1 Å². The molecule has 1 rings (SSSR count). The first-order valence-corrected chi connectivity index (χ1v) is 5.82. The van der Waals surface area contributed by atoms with Crippen molar-refractivity contribution in [3.63, 3.8) is 0 Å². The summed E-state index contributed by atoms with van der Waals surface area (Å²) >= 11 is 0. The maximum atomic E-state index is 11.8. The number of carbonyl (C=O) groups excluding carboxylic acids is 1. The molecular weight excluding hydrogens is 287 g/mol. The summed E-state index contributed by atoms with van der Waals surface area (Å²) in [6.45, 7) is 6.46. The Kier molecular flexibility index (Phi) is 10.7. The van der Waals surface area contributed by atoms with Gasteiger partial charge in [0.1, 0.15) is 5.69 Å². The number of rotatable bonds is 5. The highest BCUT2D eigenvalue weighted by Crippen LogP contribution is 2.04. The molecular formula is C12H22Cl2N4O. The first-order chi connectivity index (χ1) is 8.02. The highest BCUT2D eigenvalue weighted by molar-refractivity contribution is 5.92. The first-order valence-electron chi connectivity index (χ1n) is 5.82. The second kappa shape index (κ2) is 9.95. The number of hydrogen-bond donors (Lipinski definition) is 2. The Morgan fingerprint density at radius 1 is 1.32 bits per heavy atom. The summed E-state index contributed by atoms with van der Waals surface area (Å²) in [5, 5.41) is 2.87. The molecule has 0 saturated carbocycles. The predicted molar refractivity (Wildman–Crippen MR) is 81.0 cm³/mol. The summed E-state index contributed by atoms with van der Waals surface area (Å²) in [5.74, 6) is 0.279. The number of aromatic nitrogens is 2. The Balaban J connectivity index is 0. The van der Waals surface area contributed by atoms with Gasteiger partial charge in [-0.3, -0.25) is 9.78 Å². The monoisotopic (exact) mass is 308 g/mol. The minimum absolute atomic E-state index is 0. The number of nitrogens with zero attached hydrogens (tertiary/aromatic N) is 2. The lowest BCUT2D eigenvalue weighted by molar-refractivity contribution is 0.0928. The van der Waals surface area contributed by atoms with Crippen LogP contribution in [0.1, 0.15) is 36.5 Å². The van der Waals surface area contributed by atoms with Crippen molar-refractivity contribution in [2.45, 2.75) is 33.2 Å². The molecule has 0 aromatic carbocycles. The molecule has 1 aromatic rings. The lowest BCUT2D eigenvalue weighted by atomic mass is 10.0. The van der Waals surface area contributed by atoms with Crippen LogP contribution >= 0.6 is 24.8 Å². The van der Waals surface area contributed by atoms with Crippen molar-refractivity contribution in [3.05, 3.63) is 23.8 Å². The van der Waals surface area contributed by atoms with Crippen LogP contribution < -0.4 is 11.1 Å². The highest BCUT2D eigenvalue weighted by atomic mass is 35.5. The molecule has 19 heavy (non-hydrogen) atoms. The van der Waals surface area contributed by atoms with Gasteiger partial charge in [-0.1, -0.05) is 13.8 Å². The molecule has 0 aliphatic carbocycles. The number of aryl methyl sites for hydroxylation is 1. The van der Waals surface area contributed by atoms with Gasteiger partial charge in [-0.25, -0.2) is 4.98 Å². The first kappa shape index (κ1) is 20.4. The zero-order valence-corrected chi connectivity index (χ0v) is 13.1. The van der Waals surface area contributed by atoms with Crippen LogP contribution in [0.25, 0.3) is 0 Å². The van der Waals surface area contributed by atoms with Crippen LogP contribution in [0.3, 0.4) is 0 Å². The Morgan fingerprint density at radius 2 is 1.95 bits per heavy atom. The average Bonchev–Trinajstić information content (AvgIpc) is 2.28. The van der Waals surface area contributed by atoms with Gasteiger partial charge in [0, 0.05) is 18.8 Å². The van der Waals surface area contributed by atoms with Crippen LogP contribution in [-0.4, -0.2) is 28.5 Å². The van der Waals surface area contributed by atoms with E-state index < -0.39 is 0 Å². The molecule has 1 atom stereocenters. The van der Waals surface area contributed by atoms with Gasteiger partial charge in [0.25, 0.3) is 5.91 Å². The normalized spacial score (nSPS) is 11.2. The summed E-state index contributed by atoms with van der Waals surface area (Å²) in [5.41, 5.74) is 6.74. The third-order valence-corrected chi connectivity index (χ3v) is 2.39. The number of nitrogens with two attached hydrogens (primary N) is 1. The standard InChI is InChI=1S/C12H20N4O.2ClH/c1-8(2)4-10(5-13)16-12(17)11-7-14-9(3)6-15-11;;/h6-8,10H,4-5,13H2,1-3H3,(H,16,17);2*1H. The smallest absolute Gasteiger partial charge is 0.271 e. The van der Waals surface area contributed by atoms with Crippen LogP contribution in [0.15, 0.2) is 12.4 Å². The van der Waals surface area contributed by atoms with Crippen molar-refractivity contribution in [3.8, 4) is 0 Å². The van der Waals surface area contributed by atoms with Crippen LogP contribution in [-0.2, 0) is 0 Å². The average molecular weight is 309 g/mol. The van der Waals surface area contributed by atoms with E-state index in [1.165, 1.54) is 6.20 Å². The van der Waals surface area contributed by atoms with Crippen molar-refractivity contribution in [1.29, 1.82) is 0 Å². The third kappa shape index (κ3) is 7.30. The van der Waals surface area contributed by atoms with E-state index in [1.54, 1.807) is 6.20 Å². The Hall–Kier alpha value is -0.910. The van der Waals surface area contributed by atoms with Gasteiger partial charge in [-0.05, 0) is 19.3 Å². The molecule has 0 saturated heterocycles. The van der Waals surface area contributed by atoms with E-state index in [4.69, 9.17) is 5.73 Å². The number of nitrogens with one attached hydrogen (secondary N) is 1. The predicted octanol–water partition coefficient (Wildman–Crippen LogP) is 1.73. The number of halogens is 2. The van der Waals surface area contributed by atoms with Crippen LogP contribution in [0, 0.1) is 12.8 Å². The van der Waals surface area contributed by atoms with E-state index in [2.05, 4.69) is 29.1 Å². The zero-order valence-electron chi connectivity index (χ0n) is 11.4. The minimum atomic E-state index is -0.214. The molecule has 7 heteroatoms. The molecule has 1 heterocycles. The van der Waals surface area contributed by atoms with Crippen molar-refractivity contribution < 1.29 is 4.79 Å². The van der Waals surface area contributed by atoms with Crippen LogP contribution in [0.5, 0.6) is 0 Å². The lowest BCUT2D eigenvalue weighted by Crippen LogP contribution is -2.41. The Bertz CT molecular complexity index is 370. The molecule has 0 fully saturated rings. The fourth-order valence-corrected chi connectivity index (χ4v) is 1.55. The van der Waals surface area contributed by atoms with E-state index in [-0.39, 0.29) is 36.8 Å². The van der Waals surface area contributed by atoms with Gasteiger partial charge < -0.3 is 11.1 Å². The van der Waals surface area contributed by atoms with Crippen LogP contribution in [0.2, 0.25) is 0 Å². The fourth-order valence-electron chi connectivity index (χ4n) is 1.55. The Morgan fingerprint density at radius 3 is 2.37 bits per heavy atom. The summed E-state index contributed by atoms with van der Waals surface area (Å²) < 4.78 is 0. The maximum Gasteiger partial charge on any atom is 0.271 e. The molecule has 0 radical (unpaired) electrons. The van der Waals surface area contributed by atoms with Gasteiger partial charge >= 0.3 is 0 Å². The molecule has 0 aliphatic rings. The topological polar surface area (TPSA) is 80.9 Å². The number of hydrogen-bond acceptors (Lipinski definition) is 4. The quantitative estimate of drug-likeness (QED) is 0.868. The highest BCUT2D eigenvalue weighted by Gasteiger charge is 2.14. The molecule has 1 amide bonds. The van der Waals surface area contributed by atoms with Gasteiger partial charge in [0.05, 0.1) is 11.9 Å². The zero-order chi connectivity index (χ0) is 12.8. The van der Waals surface area contributed by atoms with E-state index >= 15 is 0 Å². The summed E-state index contributed by atoms with van der Waals surface area (Å²) in [4.78, 5) is 19.9. The molecule has 0 spiro atoms. The largest absolute Gasteiger partial charge is 0.347 e. The van der Waals surface area contributed by atoms with E-state index in [1.807, 2.05) is 6.92 Å². The van der Waals surface area contributed by atoms with Gasteiger partial charge in [0.15, 0.2) is 0 Å². The van der Waals surface area contributed by atoms with Crippen molar-refractivity contribution in [1.82, 2.24) is 15.3 Å². The van der Waals surface area contributed by atoms with Crippen molar-refractivity contribution in [2.24, 2.45) is 11.7 Å². The van der Waals surface area contributed by atoms with E-state index in [9.17, 15) is 4.79 Å². The molecule has 1 unspecified atom stereocenters. The second-order valence-electron chi connectivity index (χ2n) is 4.58. The molecule has 3 N–H and O–H groups in total. The minimum Gasteiger partial charge on any atom is -0.347 e. The van der Waals surface area contributed by atoms with E-state index in [0.29, 0.717) is 18.2 Å². The van der Waals surface area contributed by atoms with Gasteiger partial charge in [-0.15, -0.1) is 24.8 Å². The summed E-state index contributed by atoms with van der Waals surface area (Å²) in [6, 6.07) is -0.00870. The van der Waals surface area contributed by atoms with Crippen molar-refractivity contribution >= 4 is 30.7 Å². The van der Waals surface area contributed by atoms with Gasteiger partial charge in [-0.2, -0.15) is 0 Å². The van der Waals surface area contributed by atoms with Crippen LogP contribution in [0.4, 0.5) is 0 Å². The third-order valence-electron chi connectivity index (χ3n) is 2.39. The fraction of sp³-hybridized carbons (Fsp3) is 0.583. The molecule has 1 aromatic heterocycles. The molecule has 0 aliphatic heterocycles. The maximum absolute atomic E-state index is 11.8. The SMILES string of the molecule is Cc1cnc(C(=O)NC(CN)CC(C)C)cn1.Cl.Cl. The summed E-state index contributed by atoms with van der Waals surface area (Å²) in [7, 11) is 0.